The molecule has 13 heteroatoms. The summed E-state index contributed by atoms with van der Waals surface area (Å²) in [5.41, 5.74) is -1.29. The van der Waals surface area contributed by atoms with Gasteiger partial charge in [0.1, 0.15) is 29.6 Å². The Morgan fingerprint density at radius 3 is 2.53 bits per heavy atom. The van der Waals surface area contributed by atoms with Crippen LogP contribution in [0.5, 0.6) is 0 Å². The second-order valence-corrected chi connectivity index (χ2v) is 9.75. The quantitative estimate of drug-likeness (QED) is 0.354. The largest absolute Gasteiger partial charge is 0.614 e. The lowest BCUT2D eigenvalue weighted by Gasteiger charge is -2.41. The molecule has 0 fully saturated rings. The lowest BCUT2D eigenvalue weighted by molar-refractivity contribution is -0.122. The highest BCUT2D eigenvalue weighted by Gasteiger charge is 2.42. The molecule has 1 aliphatic rings. The highest BCUT2D eigenvalue weighted by Crippen LogP contribution is 2.39. The van der Waals surface area contributed by atoms with Gasteiger partial charge in [-0.3, -0.25) is 14.1 Å². The monoisotopic (exact) mass is 547 g/mol. The van der Waals surface area contributed by atoms with Crippen LogP contribution in [-0.4, -0.2) is 36.7 Å². The molecule has 0 spiro atoms. The number of imidazole rings is 1. The number of carbonyl (C=O) groups is 1. The minimum atomic E-state index is -1.60. The van der Waals surface area contributed by atoms with Gasteiger partial charge in [-0.05, 0) is 20.8 Å². The number of quaternary nitrogens is 1. The normalized spacial score (nSPS) is 18.1. The molecule has 3 aromatic rings. The number of aryl methyl sites for hydroxylation is 1. The molecular weight excluding hydrogens is 524 g/mol. The van der Waals surface area contributed by atoms with E-state index in [2.05, 4.69) is 9.97 Å². The second kappa shape index (κ2) is 9.87. The molecule has 3 aromatic heterocycles. The van der Waals surface area contributed by atoms with Crippen LogP contribution in [0.4, 0.5) is 14.5 Å². The smallest absolute Gasteiger partial charge is 0.370 e. The maximum Gasteiger partial charge on any atom is 0.370 e. The second-order valence-electron chi connectivity index (χ2n) is 9.37. The van der Waals surface area contributed by atoms with Crippen molar-refractivity contribution in [3.63, 3.8) is 0 Å². The molecule has 1 N–H and O–H groups in total. The molecule has 0 saturated carbocycles. The Labute approximate surface area is 220 Å². The molecule has 1 unspecified atom stereocenters. The molecule has 4 heterocycles. The lowest BCUT2D eigenvalue weighted by atomic mass is 10.1. The van der Waals surface area contributed by atoms with Crippen LogP contribution < -0.4 is 10.3 Å². The topological polar surface area (TPSA) is 122 Å². The van der Waals surface area contributed by atoms with E-state index >= 15 is 0 Å². The average molecular weight is 548 g/mol. The van der Waals surface area contributed by atoms with Crippen molar-refractivity contribution >= 4 is 23.2 Å². The highest BCUT2D eigenvalue weighted by atomic mass is 35.5. The molecule has 4 rings (SSSR count). The van der Waals surface area contributed by atoms with Crippen LogP contribution in [0, 0.1) is 23.8 Å². The zero-order valence-electron chi connectivity index (χ0n) is 20.9. The van der Waals surface area contributed by atoms with E-state index in [-0.39, 0.29) is 35.3 Å². The molecule has 1 aliphatic heterocycles. The van der Waals surface area contributed by atoms with Crippen molar-refractivity contribution in [3.8, 4) is 5.82 Å². The number of aliphatic hydroxyl groups excluding tert-OH is 1. The average Bonchev–Trinajstić information content (AvgIpc) is 3.27. The standard InChI is InChI=1S/C25H24ClF2N5O5/c1-14-10-30-21(31-5-6-32(24(31)36)25(3,4)13-34)9-19(14)33(37)15(2)7-20(22(26)23(33)35)38-12-18-17(28)8-16(27)11-29-18/h5-11,34H,12-13H2,1-4H3. The van der Waals surface area contributed by atoms with Crippen molar-refractivity contribution in [3.05, 3.63) is 98.1 Å². The van der Waals surface area contributed by atoms with E-state index in [9.17, 15) is 28.7 Å². The number of aromatic nitrogens is 4. The van der Waals surface area contributed by atoms with Gasteiger partial charge in [-0.15, -0.1) is 0 Å². The summed E-state index contributed by atoms with van der Waals surface area (Å²) in [5, 5.41) is 23.2. The van der Waals surface area contributed by atoms with Crippen molar-refractivity contribution in [1.29, 1.82) is 0 Å². The van der Waals surface area contributed by atoms with Gasteiger partial charge in [-0.1, -0.05) is 11.6 Å². The summed E-state index contributed by atoms with van der Waals surface area (Å²) in [6, 6.07) is 1.96. The number of allylic oxidation sites excluding steroid dienone is 2. The number of ether oxygens (including phenoxy) is 1. The summed E-state index contributed by atoms with van der Waals surface area (Å²) in [5.74, 6) is -2.96. The van der Waals surface area contributed by atoms with Gasteiger partial charge >= 0.3 is 11.6 Å². The van der Waals surface area contributed by atoms with E-state index < -0.39 is 45.1 Å². The summed E-state index contributed by atoms with van der Waals surface area (Å²) in [6.45, 7) is 5.59. The fraction of sp³-hybridized carbons (Fsp3) is 0.280. The van der Waals surface area contributed by atoms with Crippen molar-refractivity contribution in [2.45, 2.75) is 39.8 Å². The predicted octanol–water partition coefficient (Wildman–Crippen LogP) is 3.66. The number of hydrogen-bond acceptors (Lipinski definition) is 7. The van der Waals surface area contributed by atoms with Crippen LogP contribution in [0.3, 0.4) is 0 Å². The minimum Gasteiger partial charge on any atom is -0.614 e. The number of hydrogen-bond donors (Lipinski definition) is 1. The third-order valence-corrected chi connectivity index (χ3v) is 6.59. The molecule has 0 aliphatic carbocycles. The fourth-order valence-electron chi connectivity index (χ4n) is 3.91. The van der Waals surface area contributed by atoms with E-state index in [1.165, 1.54) is 46.8 Å². The van der Waals surface area contributed by atoms with Crippen LogP contribution in [0.1, 0.15) is 32.0 Å². The Hall–Kier alpha value is -3.71. The summed E-state index contributed by atoms with van der Waals surface area (Å²) >= 11 is 6.24. The zero-order valence-corrected chi connectivity index (χ0v) is 21.7. The van der Waals surface area contributed by atoms with E-state index in [1.807, 2.05) is 0 Å². The first-order valence-electron chi connectivity index (χ1n) is 11.4. The summed E-state index contributed by atoms with van der Waals surface area (Å²) in [7, 11) is 0. The van der Waals surface area contributed by atoms with Gasteiger partial charge in [0.05, 0.1) is 18.3 Å². The molecule has 10 nitrogen and oxygen atoms in total. The number of halogens is 3. The summed E-state index contributed by atoms with van der Waals surface area (Å²) in [4.78, 5) is 34.2. The number of pyridine rings is 2. The Balaban J connectivity index is 1.70. The van der Waals surface area contributed by atoms with Crippen LogP contribution in [0.25, 0.3) is 5.82 Å². The van der Waals surface area contributed by atoms with Gasteiger partial charge < -0.3 is 15.1 Å². The third-order valence-electron chi connectivity index (χ3n) is 6.24. The minimum absolute atomic E-state index is 0.0199. The lowest BCUT2D eigenvalue weighted by Crippen LogP contribution is -2.49. The summed E-state index contributed by atoms with van der Waals surface area (Å²) in [6.07, 6.45) is 6.36. The number of rotatable bonds is 7. The number of nitrogens with zero attached hydrogens (tertiary/aromatic N) is 5. The first-order valence-corrected chi connectivity index (χ1v) is 11.7. The van der Waals surface area contributed by atoms with Gasteiger partial charge in [-0.25, -0.2) is 28.0 Å². The van der Waals surface area contributed by atoms with Crippen molar-refractivity contribution in [1.82, 2.24) is 23.7 Å². The van der Waals surface area contributed by atoms with Crippen molar-refractivity contribution in [2.24, 2.45) is 0 Å². The maximum absolute atomic E-state index is 14.1. The SMILES string of the molecule is CC1=CC(OCc2ncc(F)cc2F)=C(Cl)C(=O)[N+]1([O-])c1cc(-n2ccn(C(C)(C)CO)c2=O)ncc1C. The number of hydroxylamine groups is 2. The van der Waals surface area contributed by atoms with E-state index in [0.717, 1.165) is 6.20 Å². The van der Waals surface area contributed by atoms with Crippen LogP contribution in [-0.2, 0) is 21.7 Å². The zero-order chi connectivity index (χ0) is 28.0. The molecule has 0 saturated heterocycles. The molecule has 0 bridgehead atoms. The highest BCUT2D eigenvalue weighted by molar-refractivity contribution is 6.44. The first kappa shape index (κ1) is 27.3. The van der Waals surface area contributed by atoms with Gasteiger partial charge in [0.15, 0.2) is 22.3 Å². The fourth-order valence-corrected chi connectivity index (χ4v) is 4.14. The van der Waals surface area contributed by atoms with Crippen LogP contribution >= 0.6 is 11.6 Å². The van der Waals surface area contributed by atoms with Gasteiger partial charge in [-0.2, -0.15) is 0 Å². The van der Waals surface area contributed by atoms with Gasteiger partial charge in [0, 0.05) is 49.3 Å². The number of aliphatic hydroxyl groups is 1. The summed E-state index contributed by atoms with van der Waals surface area (Å²) < 4.78 is 33.4. The van der Waals surface area contributed by atoms with Gasteiger partial charge in [0.25, 0.3) is 0 Å². The Kier molecular flexibility index (Phi) is 7.10. The Bertz CT molecular complexity index is 1560. The molecule has 0 aromatic carbocycles. The first-order chi connectivity index (χ1) is 17.8. The van der Waals surface area contributed by atoms with E-state index in [0.29, 0.717) is 11.6 Å². The third kappa shape index (κ3) is 4.56. The molecule has 0 radical (unpaired) electrons. The van der Waals surface area contributed by atoms with E-state index in [4.69, 9.17) is 16.3 Å². The molecule has 38 heavy (non-hydrogen) atoms. The maximum atomic E-state index is 14.1. The van der Waals surface area contributed by atoms with Crippen molar-refractivity contribution in [2.75, 3.05) is 6.61 Å². The molecule has 1 amide bonds. The van der Waals surface area contributed by atoms with Crippen LogP contribution in [0.2, 0.25) is 0 Å². The van der Waals surface area contributed by atoms with E-state index in [1.54, 1.807) is 20.8 Å². The number of carbonyl (C=O) groups excluding carboxylic acids is 1. The van der Waals surface area contributed by atoms with Gasteiger partial charge in [0.2, 0.25) is 0 Å². The number of amides is 1. The van der Waals surface area contributed by atoms with Crippen molar-refractivity contribution < 1.29 is 23.4 Å². The molecular formula is C25H24ClF2N5O5. The van der Waals surface area contributed by atoms with Crippen LogP contribution in [0.15, 0.2) is 64.3 Å². The Morgan fingerprint density at radius 2 is 1.87 bits per heavy atom. The molecule has 200 valence electrons. The Morgan fingerprint density at radius 1 is 1.16 bits per heavy atom. The predicted molar refractivity (Wildman–Crippen MR) is 135 cm³/mol. The molecule has 1 atom stereocenters.